The van der Waals surface area contributed by atoms with Crippen molar-refractivity contribution < 1.29 is 23.6 Å². The predicted octanol–water partition coefficient (Wildman–Crippen LogP) is 6.35. The molecule has 4 rings (SSSR count). The SMILES string of the molecule is CO/N=C1/C=C2C(C)CC3C(CCC4(C)C3CCC4(O[Si](C)(C)C)/C(COC(C)=O)=N/OC)C2(C)CC1. The van der Waals surface area contributed by atoms with E-state index in [4.69, 9.17) is 18.8 Å². The summed E-state index contributed by atoms with van der Waals surface area (Å²) in [6.07, 6.45) is 9.87. The monoisotopic (exact) mass is 532 g/mol. The third-order valence-electron chi connectivity index (χ3n) is 10.2. The third kappa shape index (κ3) is 4.81. The molecule has 0 heterocycles. The van der Waals surface area contributed by atoms with Crippen molar-refractivity contribution in [3.05, 3.63) is 11.6 Å². The molecule has 0 amide bonds. The van der Waals surface area contributed by atoms with Crippen LogP contribution in [0.5, 0.6) is 0 Å². The first-order valence-electron chi connectivity index (χ1n) is 14.1. The van der Waals surface area contributed by atoms with Crippen molar-refractivity contribution in [1.29, 1.82) is 0 Å². The quantitative estimate of drug-likeness (QED) is 0.165. The number of hydrogen-bond donors (Lipinski definition) is 0. The van der Waals surface area contributed by atoms with Crippen molar-refractivity contribution in [3.63, 3.8) is 0 Å². The number of carbonyl (C=O) groups excluding carboxylic acids is 1. The average Bonchev–Trinajstić information content (AvgIpc) is 3.09. The lowest BCUT2D eigenvalue weighted by Crippen LogP contribution is -2.62. The summed E-state index contributed by atoms with van der Waals surface area (Å²) in [6, 6.07) is 0. The predicted molar refractivity (Wildman–Crippen MR) is 149 cm³/mol. The highest BCUT2D eigenvalue weighted by Crippen LogP contribution is 2.69. The number of oxime groups is 2. The van der Waals surface area contributed by atoms with Crippen LogP contribution in [0.1, 0.15) is 72.6 Å². The zero-order valence-corrected chi connectivity index (χ0v) is 25.5. The molecule has 0 aromatic rings. The highest BCUT2D eigenvalue weighted by Gasteiger charge is 2.67. The van der Waals surface area contributed by atoms with Gasteiger partial charge in [0, 0.05) is 12.3 Å². The topological polar surface area (TPSA) is 78.7 Å². The van der Waals surface area contributed by atoms with Crippen LogP contribution in [0.25, 0.3) is 0 Å². The molecule has 3 saturated carbocycles. The molecule has 7 atom stereocenters. The Bertz CT molecular complexity index is 987. The number of ether oxygens (including phenoxy) is 1. The molecule has 7 nitrogen and oxygen atoms in total. The molecule has 0 N–H and O–H groups in total. The fourth-order valence-electron chi connectivity index (χ4n) is 8.90. The normalized spacial score (nSPS) is 40.8. The maximum Gasteiger partial charge on any atom is 0.303 e. The zero-order valence-electron chi connectivity index (χ0n) is 24.5. The van der Waals surface area contributed by atoms with Crippen LogP contribution in [-0.4, -0.2) is 52.1 Å². The van der Waals surface area contributed by atoms with Crippen LogP contribution in [-0.2, 0) is 23.6 Å². The number of rotatable bonds is 7. The molecule has 0 saturated heterocycles. The van der Waals surface area contributed by atoms with E-state index in [0.29, 0.717) is 23.7 Å². The van der Waals surface area contributed by atoms with Crippen molar-refractivity contribution in [2.45, 2.75) is 97.9 Å². The zero-order chi connectivity index (χ0) is 27.2. The Labute approximate surface area is 224 Å². The maximum absolute atomic E-state index is 11.8. The van der Waals surface area contributed by atoms with E-state index in [-0.39, 0.29) is 23.4 Å². The van der Waals surface area contributed by atoms with Gasteiger partial charge < -0.3 is 18.8 Å². The van der Waals surface area contributed by atoms with Crippen molar-refractivity contribution >= 4 is 25.7 Å². The fourth-order valence-corrected chi connectivity index (χ4v) is 10.4. The lowest BCUT2D eigenvalue weighted by molar-refractivity contribution is -0.140. The second-order valence-corrected chi connectivity index (χ2v) is 17.8. The first-order valence-corrected chi connectivity index (χ1v) is 17.5. The molecule has 0 aliphatic heterocycles. The van der Waals surface area contributed by atoms with E-state index in [0.717, 1.165) is 43.5 Å². The molecule has 0 spiro atoms. The van der Waals surface area contributed by atoms with Crippen molar-refractivity contribution in [1.82, 2.24) is 0 Å². The van der Waals surface area contributed by atoms with Gasteiger partial charge in [0.25, 0.3) is 0 Å². The van der Waals surface area contributed by atoms with E-state index in [2.05, 4.69) is 56.8 Å². The van der Waals surface area contributed by atoms with Gasteiger partial charge in [0.05, 0.1) is 5.71 Å². The van der Waals surface area contributed by atoms with Gasteiger partial charge in [-0.2, -0.15) is 0 Å². The minimum atomic E-state index is -1.99. The van der Waals surface area contributed by atoms with Crippen LogP contribution < -0.4 is 0 Å². The van der Waals surface area contributed by atoms with Gasteiger partial charge in [0.15, 0.2) is 8.32 Å². The summed E-state index contributed by atoms with van der Waals surface area (Å²) in [4.78, 5) is 22.3. The van der Waals surface area contributed by atoms with Gasteiger partial charge >= 0.3 is 5.97 Å². The Morgan fingerprint density at radius 3 is 2.41 bits per heavy atom. The second-order valence-electron chi connectivity index (χ2n) is 13.3. The molecular formula is C29H48N2O5Si. The molecule has 4 aliphatic rings. The summed E-state index contributed by atoms with van der Waals surface area (Å²) in [6.45, 7) is 15.6. The van der Waals surface area contributed by atoms with Gasteiger partial charge in [0.2, 0.25) is 0 Å². The molecule has 7 unspecified atom stereocenters. The van der Waals surface area contributed by atoms with Gasteiger partial charge in [-0.05, 0) is 99.7 Å². The Kier molecular flexibility index (Phi) is 7.76. The lowest BCUT2D eigenvalue weighted by atomic mass is 9.44. The third-order valence-corrected chi connectivity index (χ3v) is 11.1. The number of allylic oxidation sites excluding steroid dienone is 2. The van der Waals surface area contributed by atoms with E-state index >= 15 is 0 Å². The van der Waals surface area contributed by atoms with Gasteiger partial charge in [-0.15, -0.1) is 0 Å². The lowest BCUT2D eigenvalue weighted by Gasteiger charge is -2.61. The summed E-state index contributed by atoms with van der Waals surface area (Å²) in [5, 5.41) is 8.79. The number of nitrogens with zero attached hydrogens (tertiary/aromatic N) is 2. The summed E-state index contributed by atoms with van der Waals surface area (Å²) in [5.74, 6) is 2.00. The van der Waals surface area contributed by atoms with Crippen LogP contribution in [0.4, 0.5) is 0 Å². The summed E-state index contributed by atoms with van der Waals surface area (Å²) >= 11 is 0. The first kappa shape index (κ1) is 28.3. The molecule has 0 bridgehead atoms. The van der Waals surface area contributed by atoms with Crippen LogP contribution >= 0.6 is 0 Å². The van der Waals surface area contributed by atoms with E-state index in [1.165, 1.54) is 19.8 Å². The fraction of sp³-hybridized carbons (Fsp3) is 0.828. The molecule has 37 heavy (non-hydrogen) atoms. The molecule has 0 aromatic carbocycles. The Morgan fingerprint density at radius 1 is 1.08 bits per heavy atom. The number of esters is 1. The smallest absolute Gasteiger partial charge is 0.303 e. The maximum atomic E-state index is 11.8. The van der Waals surface area contributed by atoms with Crippen LogP contribution in [0.3, 0.4) is 0 Å². The molecule has 4 aliphatic carbocycles. The van der Waals surface area contributed by atoms with Gasteiger partial charge in [-0.3, -0.25) is 4.79 Å². The molecule has 8 heteroatoms. The number of carbonyl (C=O) groups is 1. The van der Waals surface area contributed by atoms with Crippen LogP contribution in [0.2, 0.25) is 19.6 Å². The van der Waals surface area contributed by atoms with Gasteiger partial charge in [-0.1, -0.05) is 36.7 Å². The minimum absolute atomic E-state index is 0.0966. The Balaban J connectivity index is 1.74. The van der Waals surface area contributed by atoms with E-state index in [1.54, 1.807) is 19.8 Å². The van der Waals surface area contributed by atoms with Crippen molar-refractivity contribution in [3.8, 4) is 0 Å². The molecular weight excluding hydrogens is 484 g/mol. The number of hydrogen-bond acceptors (Lipinski definition) is 7. The van der Waals surface area contributed by atoms with Gasteiger partial charge in [0.1, 0.15) is 32.1 Å². The van der Waals surface area contributed by atoms with Crippen LogP contribution in [0, 0.1) is 34.5 Å². The Hall–Kier alpha value is -1.67. The van der Waals surface area contributed by atoms with Crippen molar-refractivity contribution in [2.75, 3.05) is 20.8 Å². The second kappa shape index (κ2) is 10.1. The highest BCUT2D eigenvalue weighted by molar-refractivity contribution is 6.70. The summed E-state index contributed by atoms with van der Waals surface area (Å²) < 4.78 is 12.7. The van der Waals surface area contributed by atoms with E-state index < -0.39 is 13.9 Å². The minimum Gasteiger partial charge on any atom is -0.459 e. The first-order chi connectivity index (χ1) is 17.3. The van der Waals surface area contributed by atoms with E-state index in [1.807, 2.05) is 0 Å². The highest BCUT2D eigenvalue weighted by atomic mass is 28.4. The Morgan fingerprint density at radius 2 is 1.78 bits per heavy atom. The summed E-state index contributed by atoms with van der Waals surface area (Å²) in [5.41, 5.74) is 2.91. The number of fused-ring (bicyclic) bond motifs is 5. The molecule has 208 valence electrons. The largest absolute Gasteiger partial charge is 0.459 e. The standard InChI is InChI=1S/C29H48N2O5Si/c1-19-16-22-23(27(3)13-10-21(30-33-5)17-25(19)27)11-14-28(4)24(22)12-15-29(28,36-37(7,8)9)26(31-34-6)18-35-20(2)32/h17,19,22-24H,10-16,18H2,1-9H3/b30-21+,31-26+. The molecule has 3 fully saturated rings. The van der Waals surface area contributed by atoms with E-state index in [9.17, 15) is 4.79 Å². The van der Waals surface area contributed by atoms with Crippen LogP contribution in [0.15, 0.2) is 22.0 Å². The summed E-state index contributed by atoms with van der Waals surface area (Å²) in [7, 11) is 1.22. The van der Waals surface area contributed by atoms with Gasteiger partial charge in [-0.25, -0.2) is 0 Å². The van der Waals surface area contributed by atoms with Crippen molar-refractivity contribution in [2.24, 2.45) is 44.8 Å². The average molecular weight is 533 g/mol. The molecule has 0 aromatic heterocycles. The molecule has 0 radical (unpaired) electrons.